The Bertz CT molecular complexity index is 966. The summed E-state index contributed by atoms with van der Waals surface area (Å²) in [5.41, 5.74) is 1.82. The van der Waals surface area contributed by atoms with Crippen LogP contribution < -0.4 is 5.32 Å². The molecule has 34 heavy (non-hydrogen) atoms. The Hall–Kier alpha value is -3.35. The number of carbonyl (C=O) groups excluding carboxylic acids is 3. The van der Waals surface area contributed by atoms with Gasteiger partial charge in [0.25, 0.3) is 0 Å². The number of ether oxygens (including phenoxy) is 2. The van der Waals surface area contributed by atoms with Gasteiger partial charge in [0.2, 0.25) is 5.91 Å². The Morgan fingerprint density at radius 2 is 1.41 bits per heavy atom. The number of amides is 2. The van der Waals surface area contributed by atoms with Crippen LogP contribution in [0, 0.1) is 5.92 Å². The van der Waals surface area contributed by atoms with Crippen LogP contribution in [0.4, 0.5) is 4.79 Å². The van der Waals surface area contributed by atoms with Crippen LogP contribution in [0.1, 0.15) is 49.7 Å². The number of likely N-dealkylation sites (tertiary alicyclic amines) is 1. The van der Waals surface area contributed by atoms with Crippen LogP contribution >= 0.6 is 0 Å². The third-order valence-electron chi connectivity index (χ3n) is 6.63. The van der Waals surface area contributed by atoms with E-state index < -0.39 is 12.1 Å². The summed E-state index contributed by atoms with van der Waals surface area (Å²) in [6.45, 7) is 0.907. The number of esters is 1. The minimum atomic E-state index is -0.566. The summed E-state index contributed by atoms with van der Waals surface area (Å²) in [4.78, 5) is 40.4. The molecule has 1 aliphatic carbocycles. The molecule has 7 nitrogen and oxygen atoms in total. The monoisotopic (exact) mass is 464 g/mol. The second-order valence-corrected chi connectivity index (χ2v) is 8.99. The van der Waals surface area contributed by atoms with Crippen molar-refractivity contribution < 1.29 is 23.9 Å². The number of benzene rings is 2. The van der Waals surface area contributed by atoms with E-state index in [1.807, 2.05) is 60.7 Å². The van der Waals surface area contributed by atoms with Crippen molar-refractivity contribution >= 4 is 18.0 Å². The Balaban J connectivity index is 1.33. The van der Waals surface area contributed by atoms with E-state index >= 15 is 0 Å². The van der Waals surface area contributed by atoms with Crippen LogP contribution in [0.25, 0.3) is 0 Å². The Morgan fingerprint density at radius 1 is 0.794 bits per heavy atom. The fraction of sp³-hybridized carbons (Fsp3) is 0.444. The highest BCUT2D eigenvalue weighted by Gasteiger charge is 2.41. The number of nitrogens with one attached hydrogen (secondary N) is 1. The lowest BCUT2D eigenvalue weighted by atomic mass is 9.83. The topological polar surface area (TPSA) is 84.9 Å². The molecule has 3 atom stereocenters. The average molecular weight is 465 g/mol. The van der Waals surface area contributed by atoms with Gasteiger partial charge in [-0.25, -0.2) is 9.59 Å². The van der Waals surface area contributed by atoms with Gasteiger partial charge >= 0.3 is 12.1 Å². The summed E-state index contributed by atoms with van der Waals surface area (Å²) >= 11 is 0. The third-order valence-corrected chi connectivity index (χ3v) is 6.63. The first-order chi connectivity index (χ1) is 16.6. The molecule has 0 aromatic heterocycles. The molecule has 7 heteroatoms. The van der Waals surface area contributed by atoms with Gasteiger partial charge in [0.1, 0.15) is 19.3 Å². The molecule has 1 heterocycles. The summed E-state index contributed by atoms with van der Waals surface area (Å²) in [7, 11) is 0. The Labute approximate surface area is 200 Å². The number of nitrogens with zero attached hydrogens (tertiary/aromatic N) is 1. The Kier molecular flexibility index (Phi) is 8.17. The molecule has 1 aliphatic heterocycles. The highest BCUT2D eigenvalue weighted by molar-refractivity contribution is 5.87. The quantitative estimate of drug-likeness (QED) is 0.621. The van der Waals surface area contributed by atoms with Gasteiger partial charge in [-0.15, -0.1) is 0 Å². The van der Waals surface area contributed by atoms with Crippen LogP contribution in [0.5, 0.6) is 0 Å². The predicted octanol–water partition coefficient (Wildman–Crippen LogP) is 4.21. The van der Waals surface area contributed by atoms with Crippen molar-refractivity contribution in [3.05, 3.63) is 71.8 Å². The summed E-state index contributed by atoms with van der Waals surface area (Å²) in [6, 6.07) is 18.1. The molecular formula is C27H32N2O5. The van der Waals surface area contributed by atoms with Crippen LogP contribution in [0.3, 0.4) is 0 Å². The van der Waals surface area contributed by atoms with Gasteiger partial charge < -0.3 is 19.7 Å². The summed E-state index contributed by atoms with van der Waals surface area (Å²) in [6.07, 6.45) is 4.11. The lowest BCUT2D eigenvalue weighted by molar-refractivity contribution is -0.156. The minimum absolute atomic E-state index is 0.0766. The second kappa shape index (κ2) is 11.7. The first kappa shape index (κ1) is 23.8. The maximum Gasteiger partial charge on any atom is 0.407 e. The zero-order valence-electron chi connectivity index (χ0n) is 19.4. The van der Waals surface area contributed by atoms with Crippen molar-refractivity contribution in [1.29, 1.82) is 0 Å². The average Bonchev–Trinajstić information content (AvgIpc) is 3.37. The van der Waals surface area contributed by atoms with E-state index in [1.165, 1.54) is 0 Å². The SMILES string of the molecule is O=C(NC1CCCCC1C(=O)N1CCC[C@H]1C(=O)OCc1ccccc1)OCc1ccccc1. The van der Waals surface area contributed by atoms with Crippen molar-refractivity contribution in [3.8, 4) is 0 Å². The number of carbonyl (C=O) groups is 3. The third kappa shape index (κ3) is 6.16. The lowest BCUT2D eigenvalue weighted by Gasteiger charge is -2.35. The predicted molar refractivity (Wildman–Crippen MR) is 126 cm³/mol. The van der Waals surface area contributed by atoms with Crippen molar-refractivity contribution in [1.82, 2.24) is 10.2 Å². The molecule has 2 amide bonds. The molecule has 0 spiro atoms. The van der Waals surface area contributed by atoms with Gasteiger partial charge in [0.05, 0.1) is 5.92 Å². The Morgan fingerprint density at radius 3 is 2.09 bits per heavy atom. The molecule has 0 radical (unpaired) electrons. The second-order valence-electron chi connectivity index (χ2n) is 8.99. The minimum Gasteiger partial charge on any atom is -0.459 e. The number of rotatable bonds is 7. The molecule has 1 N–H and O–H groups in total. The molecule has 2 unspecified atom stereocenters. The summed E-state index contributed by atoms with van der Waals surface area (Å²) in [5.74, 6) is -0.801. The van der Waals surface area contributed by atoms with Crippen molar-refractivity contribution in [2.45, 2.75) is 63.8 Å². The highest BCUT2D eigenvalue weighted by Crippen LogP contribution is 2.30. The van der Waals surface area contributed by atoms with E-state index in [0.29, 0.717) is 25.8 Å². The molecule has 4 rings (SSSR count). The maximum absolute atomic E-state index is 13.5. The molecular weight excluding hydrogens is 432 g/mol. The zero-order chi connectivity index (χ0) is 23.8. The van der Waals surface area contributed by atoms with Gasteiger partial charge in [0.15, 0.2) is 0 Å². The van der Waals surface area contributed by atoms with Gasteiger partial charge in [-0.05, 0) is 36.8 Å². The molecule has 180 valence electrons. The van der Waals surface area contributed by atoms with Gasteiger partial charge in [0, 0.05) is 12.6 Å². The van der Waals surface area contributed by atoms with Crippen molar-refractivity contribution in [2.24, 2.45) is 5.92 Å². The summed E-state index contributed by atoms with van der Waals surface area (Å²) < 4.78 is 10.9. The van der Waals surface area contributed by atoms with Crippen LogP contribution in [0.15, 0.2) is 60.7 Å². The first-order valence-corrected chi connectivity index (χ1v) is 12.1. The number of alkyl carbamates (subject to hydrolysis) is 1. The van der Waals surface area contributed by atoms with Gasteiger partial charge in [-0.1, -0.05) is 73.5 Å². The molecule has 2 aliphatic rings. The molecule has 2 fully saturated rings. The lowest BCUT2D eigenvalue weighted by Crippen LogP contribution is -2.52. The number of hydrogen-bond acceptors (Lipinski definition) is 5. The molecule has 1 saturated carbocycles. The highest BCUT2D eigenvalue weighted by atomic mass is 16.5. The van der Waals surface area contributed by atoms with Crippen LogP contribution in [-0.4, -0.2) is 41.5 Å². The van der Waals surface area contributed by atoms with Crippen molar-refractivity contribution in [3.63, 3.8) is 0 Å². The first-order valence-electron chi connectivity index (χ1n) is 12.1. The molecule has 1 saturated heterocycles. The van der Waals surface area contributed by atoms with E-state index in [1.54, 1.807) is 4.90 Å². The zero-order valence-corrected chi connectivity index (χ0v) is 19.4. The molecule has 0 bridgehead atoms. The van der Waals surface area contributed by atoms with E-state index in [2.05, 4.69) is 5.32 Å². The fourth-order valence-electron chi connectivity index (χ4n) is 4.83. The van der Waals surface area contributed by atoms with E-state index in [-0.39, 0.29) is 37.0 Å². The number of hydrogen-bond donors (Lipinski definition) is 1. The van der Waals surface area contributed by atoms with E-state index in [9.17, 15) is 14.4 Å². The molecule has 2 aromatic rings. The van der Waals surface area contributed by atoms with E-state index in [4.69, 9.17) is 9.47 Å². The fourth-order valence-corrected chi connectivity index (χ4v) is 4.83. The van der Waals surface area contributed by atoms with Gasteiger partial charge in [-0.2, -0.15) is 0 Å². The standard InChI is InChI=1S/C27H32N2O5/c30-25(29-17-9-16-24(29)26(31)33-18-20-10-3-1-4-11-20)22-14-7-8-15-23(22)28-27(32)34-19-21-12-5-2-6-13-21/h1-6,10-13,22-24H,7-9,14-19H2,(H,28,32)/t22?,23?,24-/m0/s1. The largest absolute Gasteiger partial charge is 0.459 e. The van der Waals surface area contributed by atoms with Crippen LogP contribution in [0.2, 0.25) is 0 Å². The van der Waals surface area contributed by atoms with Crippen LogP contribution in [-0.2, 0) is 32.3 Å². The molecule has 2 aromatic carbocycles. The normalized spacial score (nSPS) is 22.1. The van der Waals surface area contributed by atoms with Gasteiger partial charge in [-0.3, -0.25) is 4.79 Å². The smallest absolute Gasteiger partial charge is 0.407 e. The van der Waals surface area contributed by atoms with Crippen molar-refractivity contribution in [2.75, 3.05) is 6.54 Å². The van der Waals surface area contributed by atoms with E-state index in [0.717, 1.165) is 30.4 Å². The summed E-state index contributed by atoms with van der Waals surface area (Å²) in [5, 5.41) is 2.91. The maximum atomic E-state index is 13.5.